The molecule has 6 nitrogen and oxygen atoms in total. The maximum Gasteiger partial charge on any atom is 0.159 e. The average molecular weight is 336 g/mol. The van der Waals surface area contributed by atoms with E-state index in [9.17, 15) is 0 Å². The highest BCUT2D eigenvalue weighted by Gasteiger charge is 2.21. The highest BCUT2D eigenvalue weighted by Crippen LogP contribution is 2.24. The van der Waals surface area contributed by atoms with Gasteiger partial charge in [-0.2, -0.15) is 5.10 Å². The molecule has 0 spiro atoms. The first-order chi connectivity index (χ1) is 12.2. The van der Waals surface area contributed by atoms with Gasteiger partial charge in [0.25, 0.3) is 0 Å². The van der Waals surface area contributed by atoms with Crippen LogP contribution in [0.3, 0.4) is 0 Å². The van der Waals surface area contributed by atoms with Gasteiger partial charge in [-0.05, 0) is 13.8 Å². The molecular weight excluding hydrogens is 312 g/mol. The average Bonchev–Trinajstić information content (AvgIpc) is 3.10. The van der Waals surface area contributed by atoms with E-state index in [0.717, 1.165) is 49.8 Å². The molecule has 3 aromatic rings. The first-order valence-electron chi connectivity index (χ1n) is 8.92. The number of nitrogens with zero attached hydrogens (tertiary/aromatic N) is 6. The fourth-order valence-corrected chi connectivity index (χ4v) is 3.50. The molecular formula is C19H24N6. The van der Waals surface area contributed by atoms with Crippen LogP contribution in [0.2, 0.25) is 0 Å². The van der Waals surface area contributed by atoms with Crippen molar-refractivity contribution in [1.29, 1.82) is 0 Å². The Kier molecular flexibility index (Phi) is 4.36. The summed E-state index contributed by atoms with van der Waals surface area (Å²) in [6.45, 7) is 9.24. The fraction of sp³-hybridized carbons (Fsp3) is 0.421. The third-order valence-electron chi connectivity index (χ3n) is 4.89. The lowest BCUT2D eigenvalue weighted by molar-refractivity contribution is 0.239. The number of fused-ring (bicyclic) bond motifs is 1. The zero-order valence-corrected chi connectivity index (χ0v) is 14.8. The van der Waals surface area contributed by atoms with Gasteiger partial charge in [0.1, 0.15) is 5.82 Å². The van der Waals surface area contributed by atoms with Crippen molar-refractivity contribution in [3.05, 3.63) is 48.7 Å². The summed E-state index contributed by atoms with van der Waals surface area (Å²) in [5, 5.41) is 10.9. The molecule has 0 N–H and O–H groups in total. The summed E-state index contributed by atoms with van der Waals surface area (Å²) in [6, 6.07) is 8.78. The van der Waals surface area contributed by atoms with Crippen LogP contribution in [0.1, 0.15) is 25.7 Å². The number of piperazine rings is 1. The van der Waals surface area contributed by atoms with E-state index in [1.807, 2.05) is 18.5 Å². The summed E-state index contributed by atoms with van der Waals surface area (Å²) in [5.74, 6) is 2.15. The summed E-state index contributed by atoms with van der Waals surface area (Å²) in [4.78, 5) is 9.35. The molecule has 1 aromatic carbocycles. The van der Waals surface area contributed by atoms with E-state index in [4.69, 9.17) is 0 Å². The molecule has 3 heterocycles. The lowest BCUT2D eigenvalue weighted by Gasteiger charge is -2.35. The largest absolute Gasteiger partial charge is 0.352 e. The van der Waals surface area contributed by atoms with Crippen molar-refractivity contribution in [2.24, 2.45) is 0 Å². The molecule has 0 amide bonds. The van der Waals surface area contributed by atoms with Crippen LogP contribution < -0.4 is 4.90 Å². The Balaban J connectivity index is 1.45. The Morgan fingerprint density at radius 2 is 1.88 bits per heavy atom. The quantitative estimate of drug-likeness (QED) is 0.733. The fourth-order valence-electron chi connectivity index (χ4n) is 3.50. The molecule has 2 aromatic heterocycles. The molecule has 0 bridgehead atoms. The molecule has 0 aliphatic carbocycles. The first-order valence-corrected chi connectivity index (χ1v) is 8.92. The van der Waals surface area contributed by atoms with Crippen molar-refractivity contribution >= 4 is 16.6 Å². The van der Waals surface area contributed by atoms with Crippen LogP contribution in [-0.2, 0) is 6.54 Å². The Morgan fingerprint density at radius 1 is 1.08 bits per heavy atom. The van der Waals surface area contributed by atoms with Crippen LogP contribution in [0.25, 0.3) is 10.8 Å². The molecule has 1 saturated heterocycles. The number of rotatable bonds is 4. The Bertz CT molecular complexity index is 843. The summed E-state index contributed by atoms with van der Waals surface area (Å²) in [6.07, 6.45) is 5.81. The first kappa shape index (κ1) is 16.0. The van der Waals surface area contributed by atoms with Crippen molar-refractivity contribution in [2.45, 2.75) is 26.4 Å². The lowest BCUT2D eigenvalue weighted by Crippen LogP contribution is -2.46. The molecule has 6 heteroatoms. The van der Waals surface area contributed by atoms with Crippen LogP contribution >= 0.6 is 0 Å². The third kappa shape index (κ3) is 3.22. The smallest absolute Gasteiger partial charge is 0.159 e. The summed E-state index contributed by atoms with van der Waals surface area (Å²) in [7, 11) is 0. The van der Waals surface area contributed by atoms with Crippen LogP contribution in [0, 0.1) is 0 Å². The molecule has 0 atom stereocenters. The SMILES string of the molecule is CC(C)n1ccnc1CN1CCN(c2nncc3ccccc23)CC1. The Hall–Kier alpha value is -2.47. The van der Waals surface area contributed by atoms with E-state index in [-0.39, 0.29) is 0 Å². The molecule has 1 aliphatic rings. The van der Waals surface area contributed by atoms with Gasteiger partial charge >= 0.3 is 0 Å². The second kappa shape index (κ2) is 6.80. The molecule has 0 saturated carbocycles. The molecule has 1 aliphatic heterocycles. The van der Waals surface area contributed by atoms with E-state index in [2.05, 4.69) is 67.8 Å². The van der Waals surface area contributed by atoms with Crippen molar-refractivity contribution in [3.63, 3.8) is 0 Å². The zero-order chi connectivity index (χ0) is 17.2. The predicted octanol–water partition coefficient (Wildman–Crippen LogP) is 2.73. The van der Waals surface area contributed by atoms with Gasteiger partial charge in [-0.3, -0.25) is 4.90 Å². The molecule has 0 unspecified atom stereocenters. The summed E-state index contributed by atoms with van der Waals surface area (Å²) < 4.78 is 2.25. The van der Waals surface area contributed by atoms with Gasteiger partial charge in [0.05, 0.1) is 12.7 Å². The zero-order valence-electron chi connectivity index (χ0n) is 14.8. The van der Waals surface area contributed by atoms with Crippen LogP contribution in [0.5, 0.6) is 0 Å². The maximum absolute atomic E-state index is 4.53. The van der Waals surface area contributed by atoms with Crippen LogP contribution in [0.4, 0.5) is 5.82 Å². The minimum Gasteiger partial charge on any atom is -0.352 e. The van der Waals surface area contributed by atoms with Crippen molar-refractivity contribution in [1.82, 2.24) is 24.6 Å². The number of benzene rings is 1. The monoisotopic (exact) mass is 336 g/mol. The van der Waals surface area contributed by atoms with E-state index in [1.54, 1.807) is 0 Å². The van der Waals surface area contributed by atoms with Gasteiger partial charge < -0.3 is 9.47 Å². The Labute approximate surface area is 148 Å². The molecule has 4 rings (SSSR count). The van der Waals surface area contributed by atoms with Crippen LogP contribution in [-0.4, -0.2) is 50.8 Å². The van der Waals surface area contributed by atoms with E-state index < -0.39 is 0 Å². The van der Waals surface area contributed by atoms with Crippen molar-refractivity contribution < 1.29 is 0 Å². The third-order valence-corrected chi connectivity index (χ3v) is 4.89. The van der Waals surface area contributed by atoms with Gasteiger partial charge in [-0.1, -0.05) is 24.3 Å². The number of hydrogen-bond donors (Lipinski definition) is 0. The molecule has 1 fully saturated rings. The highest BCUT2D eigenvalue weighted by molar-refractivity contribution is 5.91. The van der Waals surface area contributed by atoms with E-state index in [0.29, 0.717) is 6.04 Å². The minimum atomic E-state index is 0.449. The summed E-state index contributed by atoms with van der Waals surface area (Å²) >= 11 is 0. The van der Waals surface area contributed by atoms with Crippen molar-refractivity contribution in [2.75, 3.05) is 31.1 Å². The van der Waals surface area contributed by atoms with E-state index in [1.165, 1.54) is 5.39 Å². The number of aromatic nitrogens is 4. The lowest BCUT2D eigenvalue weighted by atomic mass is 10.1. The van der Waals surface area contributed by atoms with Gasteiger partial charge in [0, 0.05) is 55.4 Å². The number of imidazole rings is 1. The van der Waals surface area contributed by atoms with Crippen molar-refractivity contribution in [3.8, 4) is 0 Å². The standard InChI is InChI=1S/C19H24N6/c1-15(2)25-8-7-20-18(25)14-23-9-11-24(12-10-23)19-17-6-4-3-5-16(17)13-21-22-19/h3-8,13,15H,9-12,14H2,1-2H3. The van der Waals surface area contributed by atoms with Gasteiger partial charge in [-0.15, -0.1) is 5.10 Å². The minimum absolute atomic E-state index is 0.449. The molecule has 130 valence electrons. The molecule has 0 radical (unpaired) electrons. The number of hydrogen-bond acceptors (Lipinski definition) is 5. The van der Waals surface area contributed by atoms with Gasteiger partial charge in [0.15, 0.2) is 5.82 Å². The topological polar surface area (TPSA) is 50.1 Å². The van der Waals surface area contributed by atoms with Gasteiger partial charge in [-0.25, -0.2) is 4.98 Å². The highest BCUT2D eigenvalue weighted by atomic mass is 15.3. The molecule has 25 heavy (non-hydrogen) atoms. The maximum atomic E-state index is 4.53. The summed E-state index contributed by atoms with van der Waals surface area (Å²) in [5.41, 5.74) is 0. The number of anilines is 1. The van der Waals surface area contributed by atoms with Gasteiger partial charge in [0.2, 0.25) is 0 Å². The Morgan fingerprint density at radius 3 is 2.68 bits per heavy atom. The predicted molar refractivity (Wildman–Crippen MR) is 99.6 cm³/mol. The normalized spacial score (nSPS) is 16.0. The van der Waals surface area contributed by atoms with Crippen LogP contribution in [0.15, 0.2) is 42.9 Å². The second-order valence-corrected chi connectivity index (χ2v) is 6.86. The second-order valence-electron chi connectivity index (χ2n) is 6.86. The van der Waals surface area contributed by atoms with E-state index >= 15 is 0 Å².